The van der Waals surface area contributed by atoms with Gasteiger partial charge in [-0.25, -0.2) is 0 Å². The van der Waals surface area contributed by atoms with Crippen molar-refractivity contribution in [1.29, 1.82) is 0 Å². The van der Waals surface area contributed by atoms with Crippen LogP contribution >= 0.6 is 0 Å². The van der Waals surface area contributed by atoms with Crippen LogP contribution in [-0.2, 0) is 6.18 Å². The van der Waals surface area contributed by atoms with E-state index >= 15 is 0 Å². The summed E-state index contributed by atoms with van der Waals surface area (Å²) in [4.78, 5) is 14.2. The van der Waals surface area contributed by atoms with Crippen LogP contribution in [0.2, 0.25) is 0 Å². The average Bonchev–Trinajstić information content (AvgIpc) is 3.08. The summed E-state index contributed by atoms with van der Waals surface area (Å²) in [5.41, 5.74) is -1.02. The molecule has 0 amide bonds. The topological polar surface area (TPSA) is 34.5 Å². The highest BCUT2D eigenvalue weighted by Gasteiger charge is 2.31. The third-order valence-corrected chi connectivity index (χ3v) is 4.23. The summed E-state index contributed by atoms with van der Waals surface area (Å²) in [5, 5.41) is 0. The maximum absolute atomic E-state index is 12.8. The minimum absolute atomic E-state index is 0.364. The fourth-order valence-electron chi connectivity index (χ4n) is 2.86. The van der Waals surface area contributed by atoms with Crippen molar-refractivity contribution >= 4 is 0 Å². The SMILES string of the molecule is O=c1ccc(C(F)(F)F)cn1-c1ccc(OCCN2CCCC2)cc1. The molecule has 1 aliphatic heterocycles. The van der Waals surface area contributed by atoms with Gasteiger partial charge in [0.2, 0.25) is 0 Å². The normalized spacial score (nSPS) is 15.5. The molecule has 3 rings (SSSR count). The standard InChI is InChI=1S/C18H19F3N2O2/c19-18(20,21)14-3-8-17(24)23(13-14)15-4-6-16(7-5-15)25-12-11-22-9-1-2-10-22/h3-8,13H,1-2,9-12H2. The molecule has 1 aliphatic rings. The summed E-state index contributed by atoms with van der Waals surface area (Å²) in [6, 6.07) is 8.18. The Bertz CT molecular complexity index is 763. The molecule has 0 saturated carbocycles. The Hall–Kier alpha value is -2.28. The number of ether oxygens (including phenoxy) is 1. The quantitative estimate of drug-likeness (QED) is 0.828. The average molecular weight is 352 g/mol. The maximum Gasteiger partial charge on any atom is 0.417 e. The molecule has 2 heterocycles. The number of nitrogens with zero attached hydrogens (tertiary/aromatic N) is 2. The van der Waals surface area contributed by atoms with Crippen LogP contribution in [0.1, 0.15) is 18.4 Å². The van der Waals surface area contributed by atoms with Crippen molar-refractivity contribution in [2.45, 2.75) is 19.0 Å². The summed E-state index contributed by atoms with van der Waals surface area (Å²) >= 11 is 0. The summed E-state index contributed by atoms with van der Waals surface area (Å²) < 4.78 is 45.1. The van der Waals surface area contributed by atoms with Gasteiger partial charge in [0, 0.05) is 24.5 Å². The fraction of sp³-hybridized carbons (Fsp3) is 0.389. The van der Waals surface area contributed by atoms with Gasteiger partial charge in [0.15, 0.2) is 0 Å². The highest BCUT2D eigenvalue weighted by Crippen LogP contribution is 2.28. The number of alkyl halides is 3. The van der Waals surface area contributed by atoms with E-state index in [9.17, 15) is 18.0 Å². The van der Waals surface area contributed by atoms with Gasteiger partial charge in [-0.05, 0) is 56.3 Å². The zero-order valence-electron chi connectivity index (χ0n) is 13.6. The van der Waals surface area contributed by atoms with E-state index in [1.165, 1.54) is 12.8 Å². The minimum Gasteiger partial charge on any atom is -0.492 e. The first-order valence-electron chi connectivity index (χ1n) is 8.19. The van der Waals surface area contributed by atoms with Crippen LogP contribution in [0.3, 0.4) is 0 Å². The molecule has 0 radical (unpaired) electrons. The van der Waals surface area contributed by atoms with Crippen LogP contribution in [0.25, 0.3) is 5.69 Å². The molecule has 1 fully saturated rings. The number of halogens is 3. The van der Waals surface area contributed by atoms with Gasteiger partial charge in [-0.1, -0.05) is 0 Å². The molecule has 0 aliphatic carbocycles. The summed E-state index contributed by atoms with van der Waals surface area (Å²) in [6.07, 6.45) is -1.24. The van der Waals surface area contributed by atoms with Crippen molar-refractivity contribution in [3.8, 4) is 11.4 Å². The van der Waals surface area contributed by atoms with Gasteiger partial charge in [0.05, 0.1) is 5.56 Å². The van der Waals surface area contributed by atoms with E-state index in [4.69, 9.17) is 4.74 Å². The van der Waals surface area contributed by atoms with Gasteiger partial charge in [-0.15, -0.1) is 0 Å². The van der Waals surface area contributed by atoms with Crippen LogP contribution in [0.5, 0.6) is 5.75 Å². The molecule has 25 heavy (non-hydrogen) atoms. The number of hydrogen-bond donors (Lipinski definition) is 0. The molecule has 0 bridgehead atoms. The molecule has 0 N–H and O–H groups in total. The summed E-state index contributed by atoms with van der Waals surface area (Å²) in [7, 11) is 0. The number of hydrogen-bond acceptors (Lipinski definition) is 3. The number of rotatable bonds is 5. The first-order valence-corrected chi connectivity index (χ1v) is 8.19. The van der Waals surface area contributed by atoms with Crippen molar-refractivity contribution in [3.63, 3.8) is 0 Å². The second kappa shape index (κ2) is 7.31. The second-order valence-corrected chi connectivity index (χ2v) is 6.01. The molecule has 0 spiro atoms. The number of likely N-dealkylation sites (tertiary alicyclic amines) is 1. The number of benzene rings is 1. The van der Waals surface area contributed by atoms with E-state index < -0.39 is 17.3 Å². The minimum atomic E-state index is -4.49. The summed E-state index contributed by atoms with van der Waals surface area (Å²) in [5.74, 6) is 0.628. The van der Waals surface area contributed by atoms with Gasteiger partial charge in [-0.2, -0.15) is 13.2 Å². The lowest BCUT2D eigenvalue weighted by Crippen LogP contribution is -2.25. The third-order valence-electron chi connectivity index (χ3n) is 4.23. The fourth-order valence-corrected chi connectivity index (χ4v) is 2.86. The molecule has 0 unspecified atom stereocenters. The Morgan fingerprint density at radius 3 is 2.32 bits per heavy atom. The van der Waals surface area contributed by atoms with Crippen LogP contribution in [-0.4, -0.2) is 35.7 Å². The van der Waals surface area contributed by atoms with E-state index in [1.54, 1.807) is 24.3 Å². The summed E-state index contributed by atoms with van der Waals surface area (Å²) in [6.45, 7) is 3.61. The molecule has 0 atom stereocenters. The van der Waals surface area contributed by atoms with Crippen molar-refractivity contribution in [1.82, 2.24) is 9.47 Å². The highest BCUT2D eigenvalue weighted by atomic mass is 19.4. The first-order chi connectivity index (χ1) is 11.9. The molecule has 1 aromatic carbocycles. The lowest BCUT2D eigenvalue weighted by atomic mass is 10.2. The number of aromatic nitrogens is 1. The predicted octanol–water partition coefficient (Wildman–Crippen LogP) is 3.33. The lowest BCUT2D eigenvalue weighted by Gasteiger charge is -2.15. The molecule has 2 aromatic rings. The Labute approximate surface area is 143 Å². The third kappa shape index (κ3) is 4.42. The lowest BCUT2D eigenvalue weighted by molar-refractivity contribution is -0.138. The Morgan fingerprint density at radius 1 is 1.00 bits per heavy atom. The molecule has 1 saturated heterocycles. The van der Waals surface area contributed by atoms with Crippen LogP contribution in [0.4, 0.5) is 13.2 Å². The van der Waals surface area contributed by atoms with Crippen LogP contribution < -0.4 is 10.3 Å². The predicted molar refractivity (Wildman–Crippen MR) is 88.2 cm³/mol. The molecule has 7 heteroatoms. The van der Waals surface area contributed by atoms with Crippen LogP contribution in [0.15, 0.2) is 47.4 Å². The Morgan fingerprint density at radius 2 is 1.68 bits per heavy atom. The first kappa shape index (κ1) is 17.5. The van der Waals surface area contributed by atoms with Crippen molar-refractivity contribution in [2.75, 3.05) is 26.2 Å². The molecule has 4 nitrogen and oxygen atoms in total. The van der Waals surface area contributed by atoms with E-state index in [0.717, 1.165) is 42.5 Å². The monoisotopic (exact) mass is 352 g/mol. The Kier molecular flexibility index (Phi) is 5.13. The van der Waals surface area contributed by atoms with E-state index in [0.29, 0.717) is 18.0 Å². The van der Waals surface area contributed by atoms with E-state index in [-0.39, 0.29) is 0 Å². The number of pyridine rings is 1. The van der Waals surface area contributed by atoms with Crippen molar-refractivity contribution in [3.05, 3.63) is 58.5 Å². The zero-order chi connectivity index (χ0) is 17.9. The maximum atomic E-state index is 12.8. The highest BCUT2D eigenvalue weighted by molar-refractivity contribution is 5.38. The van der Waals surface area contributed by atoms with Crippen molar-refractivity contribution in [2.24, 2.45) is 0 Å². The van der Waals surface area contributed by atoms with Gasteiger partial charge in [0.1, 0.15) is 12.4 Å². The van der Waals surface area contributed by atoms with Gasteiger partial charge in [-0.3, -0.25) is 14.3 Å². The van der Waals surface area contributed by atoms with Gasteiger partial charge < -0.3 is 4.74 Å². The molecule has 134 valence electrons. The van der Waals surface area contributed by atoms with E-state index in [1.807, 2.05) is 0 Å². The van der Waals surface area contributed by atoms with Gasteiger partial charge in [0.25, 0.3) is 5.56 Å². The smallest absolute Gasteiger partial charge is 0.417 e. The van der Waals surface area contributed by atoms with Crippen molar-refractivity contribution < 1.29 is 17.9 Å². The van der Waals surface area contributed by atoms with Crippen LogP contribution in [0, 0.1) is 0 Å². The zero-order valence-corrected chi connectivity index (χ0v) is 13.6. The molecule has 1 aromatic heterocycles. The van der Waals surface area contributed by atoms with Gasteiger partial charge >= 0.3 is 6.18 Å². The molecular weight excluding hydrogens is 333 g/mol. The second-order valence-electron chi connectivity index (χ2n) is 6.01. The molecular formula is C18H19F3N2O2. The Balaban J connectivity index is 1.68. The van der Waals surface area contributed by atoms with E-state index in [2.05, 4.69) is 4.90 Å². The largest absolute Gasteiger partial charge is 0.492 e.